The molecule has 1 aliphatic rings. The van der Waals surface area contributed by atoms with Crippen LogP contribution in [0, 0.1) is 18.3 Å². The van der Waals surface area contributed by atoms with Crippen molar-refractivity contribution in [2.75, 3.05) is 0 Å². The minimum absolute atomic E-state index is 0.331. The number of nitrogens with zero attached hydrogens (tertiary/aromatic N) is 1. The van der Waals surface area contributed by atoms with Gasteiger partial charge in [0.25, 0.3) is 0 Å². The van der Waals surface area contributed by atoms with Crippen molar-refractivity contribution in [2.24, 2.45) is 17.1 Å². The lowest BCUT2D eigenvalue weighted by Gasteiger charge is -2.40. The number of hydrogen-bond donors (Lipinski definition) is 1. The Morgan fingerprint density at radius 2 is 2.11 bits per heavy atom. The van der Waals surface area contributed by atoms with E-state index in [0.29, 0.717) is 16.7 Å². The summed E-state index contributed by atoms with van der Waals surface area (Å²) in [5.74, 6) is 0.788. The topological polar surface area (TPSA) is 38.9 Å². The average Bonchev–Trinajstić information content (AvgIpc) is 2.66. The lowest BCUT2D eigenvalue weighted by Crippen LogP contribution is -2.41. The van der Waals surface area contributed by atoms with Crippen LogP contribution < -0.4 is 5.73 Å². The summed E-state index contributed by atoms with van der Waals surface area (Å²) in [5.41, 5.74) is 7.82. The van der Waals surface area contributed by atoms with E-state index in [4.69, 9.17) is 5.73 Å². The number of thiazole rings is 1. The van der Waals surface area contributed by atoms with Crippen LogP contribution in [0.2, 0.25) is 0 Å². The van der Waals surface area contributed by atoms with Crippen LogP contribution >= 0.6 is 23.1 Å². The second-order valence-corrected chi connectivity index (χ2v) is 8.80. The molecule has 1 aromatic rings. The summed E-state index contributed by atoms with van der Waals surface area (Å²) in [7, 11) is 0. The van der Waals surface area contributed by atoms with E-state index in [9.17, 15) is 0 Å². The lowest BCUT2D eigenvalue weighted by atomic mass is 9.71. The van der Waals surface area contributed by atoms with Crippen LogP contribution in [-0.4, -0.2) is 16.3 Å². The minimum atomic E-state index is 0.331. The second-order valence-electron chi connectivity index (χ2n) is 6.45. The molecule has 3 unspecified atom stereocenters. The fourth-order valence-corrected chi connectivity index (χ4v) is 4.94. The van der Waals surface area contributed by atoms with Gasteiger partial charge in [-0.25, -0.2) is 4.98 Å². The molecule has 3 atom stereocenters. The average molecular weight is 284 g/mol. The van der Waals surface area contributed by atoms with Crippen LogP contribution in [0.15, 0.2) is 9.72 Å². The van der Waals surface area contributed by atoms with Gasteiger partial charge in [0.05, 0.1) is 0 Å². The van der Waals surface area contributed by atoms with Gasteiger partial charge in [-0.1, -0.05) is 32.5 Å². The van der Waals surface area contributed by atoms with E-state index in [2.05, 4.69) is 38.1 Å². The molecule has 0 aliphatic heterocycles. The van der Waals surface area contributed by atoms with Gasteiger partial charge >= 0.3 is 0 Å². The molecule has 1 aliphatic carbocycles. The van der Waals surface area contributed by atoms with Crippen LogP contribution in [-0.2, 0) is 0 Å². The molecule has 18 heavy (non-hydrogen) atoms. The Morgan fingerprint density at radius 1 is 1.39 bits per heavy atom. The molecular weight excluding hydrogens is 260 g/mol. The third kappa shape index (κ3) is 3.49. The first kappa shape index (κ1) is 14.4. The van der Waals surface area contributed by atoms with E-state index in [1.54, 1.807) is 11.3 Å². The largest absolute Gasteiger partial charge is 0.327 e. The summed E-state index contributed by atoms with van der Waals surface area (Å²) in [4.78, 5) is 4.55. The maximum atomic E-state index is 6.30. The highest BCUT2D eigenvalue weighted by Crippen LogP contribution is 2.43. The zero-order valence-corrected chi connectivity index (χ0v) is 13.4. The molecule has 1 heterocycles. The van der Waals surface area contributed by atoms with E-state index in [1.807, 2.05) is 11.8 Å². The Morgan fingerprint density at radius 3 is 2.67 bits per heavy atom. The van der Waals surface area contributed by atoms with E-state index in [1.165, 1.54) is 17.2 Å². The number of thioether (sulfide) groups is 1. The van der Waals surface area contributed by atoms with Crippen LogP contribution in [0.1, 0.15) is 45.7 Å². The number of hydrogen-bond acceptors (Lipinski definition) is 4. The smallest absolute Gasteiger partial charge is 0.150 e. The van der Waals surface area contributed by atoms with Crippen molar-refractivity contribution in [3.8, 4) is 0 Å². The predicted molar refractivity (Wildman–Crippen MR) is 81.3 cm³/mol. The minimum Gasteiger partial charge on any atom is -0.327 e. The number of aromatic nitrogens is 1. The van der Waals surface area contributed by atoms with Crippen LogP contribution in [0.4, 0.5) is 0 Å². The molecule has 4 heteroatoms. The van der Waals surface area contributed by atoms with E-state index in [-0.39, 0.29) is 0 Å². The van der Waals surface area contributed by atoms with Crippen LogP contribution in [0.25, 0.3) is 0 Å². The summed E-state index contributed by atoms with van der Waals surface area (Å²) in [5, 5.41) is 2.66. The molecule has 1 saturated carbocycles. The molecule has 0 aromatic carbocycles. The molecule has 2 N–H and O–H groups in total. The Kier molecular flexibility index (Phi) is 4.40. The van der Waals surface area contributed by atoms with Gasteiger partial charge in [0, 0.05) is 22.4 Å². The predicted octanol–water partition coefficient (Wildman–Crippen LogP) is 4.09. The van der Waals surface area contributed by atoms with Crippen molar-refractivity contribution >= 4 is 23.1 Å². The van der Waals surface area contributed by atoms with Gasteiger partial charge in [-0.05, 0) is 37.5 Å². The van der Waals surface area contributed by atoms with E-state index in [0.717, 1.165) is 18.0 Å². The fourth-order valence-electron chi connectivity index (χ4n) is 2.59. The number of nitrogens with two attached hydrogens (primary N) is 1. The third-order valence-corrected chi connectivity index (χ3v) is 6.38. The van der Waals surface area contributed by atoms with Gasteiger partial charge in [0.2, 0.25) is 0 Å². The zero-order valence-electron chi connectivity index (χ0n) is 11.8. The molecule has 102 valence electrons. The Bertz CT molecular complexity index is 395. The number of rotatable bonds is 2. The van der Waals surface area contributed by atoms with E-state index >= 15 is 0 Å². The normalized spacial score (nSPS) is 29.5. The van der Waals surface area contributed by atoms with E-state index < -0.39 is 0 Å². The molecule has 1 fully saturated rings. The maximum absolute atomic E-state index is 6.30. The first-order valence-electron chi connectivity index (χ1n) is 6.70. The van der Waals surface area contributed by atoms with Crippen molar-refractivity contribution < 1.29 is 0 Å². The van der Waals surface area contributed by atoms with Crippen molar-refractivity contribution in [2.45, 2.75) is 62.6 Å². The first-order chi connectivity index (χ1) is 8.36. The Hall–Kier alpha value is -0.0600. The molecule has 0 amide bonds. The molecule has 1 aromatic heterocycles. The monoisotopic (exact) mass is 284 g/mol. The number of aryl methyl sites for hydroxylation is 1. The van der Waals surface area contributed by atoms with Crippen LogP contribution in [0.3, 0.4) is 0 Å². The van der Waals surface area contributed by atoms with Gasteiger partial charge in [-0.2, -0.15) is 0 Å². The summed E-state index contributed by atoms with van der Waals surface area (Å²) in [6, 6.07) is 0.331. The van der Waals surface area contributed by atoms with Crippen molar-refractivity contribution in [3.05, 3.63) is 11.1 Å². The third-order valence-electron chi connectivity index (χ3n) is 3.92. The SMILES string of the molecule is Cc1csc(SC2CC(C(C)(C)C)CCC2N)n1. The second kappa shape index (κ2) is 5.51. The molecule has 2 rings (SSSR count). The standard InChI is InChI=1S/C14H24N2S2/c1-9-8-17-13(16-9)18-12-7-10(14(2,3)4)5-6-11(12)15/h8,10-12H,5-7,15H2,1-4H3. The molecule has 0 radical (unpaired) electrons. The quantitative estimate of drug-likeness (QED) is 0.889. The van der Waals surface area contributed by atoms with Crippen molar-refractivity contribution in [1.29, 1.82) is 0 Å². The van der Waals surface area contributed by atoms with Crippen LogP contribution in [0.5, 0.6) is 0 Å². The van der Waals surface area contributed by atoms with Crippen molar-refractivity contribution in [1.82, 2.24) is 4.98 Å². The molecule has 0 bridgehead atoms. The highest BCUT2D eigenvalue weighted by atomic mass is 32.2. The lowest BCUT2D eigenvalue weighted by molar-refractivity contribution is 0.174. The summed E-state index contributed by atoms with van der Waals surface area (Å²) in [6.07, 6.45) is 3.66. The van der Waals surface area contributed by atoms with Gasteiger partial charge in [0.1, 0.15) is 4.34 Å². The van der Waals surface area contributed by atoms with Gasteiger partial charge < -0.3 is 5.73 Å². The molecule has 0 spiro atoms. The summed E-state index contributed by atoms with van der Waals surface area (Å²) in [6.45, 7) is 9.11. The highest BCUT2D eigenvalue weighted by Gasteiger charge is 2.35. The van der Waals surface area contributed by atoms with Crippen molar-refractivity contribution in [3.63, 3.8) is 0 Å². The summed E-state index contributed by atoms with van der Waals surface area (Å²) >= 11 is 3.65. The Balaban J connectivity index is 2.02. The van der Waals surface area contributed by atoms with Gasteiger partial charge in [-0.15, -0.1) is 11.3 Å². The molecule has 2 nitrogen and oxygen atoms in total. The summed E-state index contributed by atoms with van der Waals surface area (Å²) < 4.78 is 1.18. The Labute approximate surface area is 119 Å². The van der Waals surface area contributed by atoms with Gasteiger partial charge in [0.15, 0.2) is 0 Å². The fraction of sp³-hybridized carbons (Fsp3) is 0.786. The highest BCUT2D eigenvalue weighted by molar-refractivity contribution is 8.01. The molecular formula is C14H24N2S2. The zero-order chi connectivity index (χ0) is 13.3. The van der Waals surface area contributed by atoms with Gasteiger partial charge in [-0.3, -0.25) is 0 Å². The first-order valence-corrected chi connectivity index (χ1v) is 8.46. The molecule has 0 saturated heterocycles. The maximum Gasteiger partial charge on any atom is 0.150 e.